The summed E-state index contributed by atoms with van der Waals surface area (Å²) in [7, 11) is 0. The highest BCUT2D eigenvalue weighted by atomic mass is 32.1. The van der Waals surface area contributed by atoms with Crippen LogP contribution in [0.15, 0.2) is 36.4 Å². The monoisotopic (exact) mass is 382 g/mol. The van der Waals surface area contributed by atoms with Crippen LogP contribution >= 0.6 is 11.3 Å². The van der Waals surface area contributed by atoms with Gasteiger partial charge in [-0.25, -0.2) is 4.68 Å². The summed E-state index contributed by atoms with van der Waals surface area (Å²) in [6.45, 7) is 4.01. The first-order valence-corrected chi connectivity index (χ1v) is 10.1. The van der Waals surface area contributed by atoms with E-state index in [9.17, 15) is 9.59 Å². The lowest BCUT2D eigenvalue weighted by Crippen LogP contribution is -2.32. The number of hydrogen-bond donors (Lipinski definition) is 1. The number of thiophene rings is 1. The Morgan fingerprint density at radius 3 is 2.67 bits per heavy atom. The van der Waals surface area contributed by atoms with Gasteiger partial charge < -0.3 is 10.2 Å². The number of carbonyl (C=O) groups excluding carboxylic acids is 2. The van der Waals surface area contributed by atoms with Crippen molar-refractivity contribution in [3.05, 3.63) is 47.0 Å². The number of para-hydroxylation sites is 1. The van der Waals surface area contributed by atoms with Crippen LogP contribution in [0.1, 0.15) is 34.6 Å². The number of likely N-dealkylation sites (tertiary alicyclic amines) is 1. The molecule has 0 aliphatic carbocycles. The number of nitrogens with one attached hydrogen (secondary N) is 1. The van der Waals surface area contributed by atoms with Crippen LogP contribution in [0.2, 0.25) is 0 Å². The summed E-state index contributed by atoms with van der Waals surface area (Å²) in [5, 5.41) is 8.46. The van der Waals surface area contributed by atoms with E-state index >= 15 is 0 Å². The number of hydrogen-bond acceptors (Lipinski definition) is 4. The van der Waals surface area contributed by atoms with Crippen LogP contribution in [-0.4, -0.2) is 46.1 Å². The lowest BCUT2D eigenvalue weighted by Gasteiger charge is -2.14. The molecule has 4 rings (SSSR count). The highest BCUT2D eigenvalue weighted by Crippen LogP contribution is 2.30. The highest BCUT2D eigenvalue weighted by molar-refractivity contribution is 7.20. The molecule has 3 heterocycles. The Morgan fingerprint density at radius 2 is 1.93 bits per heavy atom. The molecule has 7 heteroatoms. The summed E-state index contributed by atoms with van der Waals surface area (Å²) in [5.41, 5.74) is 1.87. The molecule has 1 aliphatic heterocycles. The molecule has 140 valence electrons. The number of amides is 2. The van der Waals surface area contributed by atoms with E-state index in [1.165, 1.54) is 11.3 Å². The molecule has 0 saturated carbocycles. The van der Waals surface area contributed by atoms with Crippen LogP contribution in [0.25, 0.3) is 15.9 Å². The van der Waals surface area contributed by atoms with Crippen molar-refractivity contribution in [2.45, 2.75) is 26.2 Å². The lowest BCUT2D eigenvalue weighted by molar-refractivity contribution is -0.129. The Hall–Kier alpha value is -2.67. The molecule has 0 unspecified atom stereocenters. The van der Waals surface area contributed by atoms with Gasteiger partial charge in [-0.1, -0.05) is 18.2 Å². The van der Waals surface area contributed by atoms with Gasteiger partial charge in [-0.15, -0.1) is 11.3 Å². The molecule has 0 bridgehead atoms. The molecular weight excluding hydrogens is 360 g/mol. The average Bonchev–Trinajstić information content (AvgIpc) is 3.41. The maximum atomic E-state index is 12.5. The Bertz CT molecular complexity index is 971. The molecule has 6 nitrogen and oxygen atoms in total. The van der Waals surface area contributed by atoms with Crippen molar-refractivity contribution in [1.82, 2.24) is 20.0 Å². The third kappa shape index (κ3) is 3.60. The molecule has 1 aliphatic rings. The smallest absolute Gasteiger partial charge is 0.261 e. The summed E-state index contributed by atoms with van der Waals surface area (Å²) in [6, 6.07) is 11.8. The number of fused-ring (bicyclic) bond motifs is 1. The number of benzene rings is 1. The SMILES string of the molecule is Cc1nn(-c2ccccc2)c2sc(C(=O)NCCC(=O)N3CCCC3)cc12. The molecule has 27 heavy (non-hydrogen) atoms. The molecule has 1 aromatic carbocycles. The average molecular weight is 382 g/mol. The summed E-state index contributed by atoms with van der Waals surface area (Å²) < 4.78 is 1.88. The Labute approximate surface area is 161 Å². The number of rotatable bonds is 5. The van der Waals surface area contributed by atoms with Crippen molar-refractivity contribution in [2.24, 2.45) is 0 Å². The van der Waals surface area contributed by atoms with Crippen molar-refractivity contribution < 1.29 is 9.59 Å². The van der Waals surface area contributed by atoms with Crippen molar-refractivity contribution in [3.8, 4) is 5.69 Å². The van der Waals surface area contributed by atoms with Crippen LogP contribution in [0.4, 0.5) is 0 Å². The molecule has 0 spiro atoms. The van der Waals surface area contributed by atoms with Crippen molar-refractivity contribution >= 4 is 33.4 Å². The zero-order chi connectivity index (χ0) is 18.8. The minimum Gasteiger partial charge on any atom is -0.351 e. The Kier molecular flexibility index (Phi) is 4.94. The van der Waals surface area contributed by atoms with Gasteiger partial charge in [0, 0.05) is 31.4 Å². The maximum absolute atomic E-state index is 12.5. The van der Waals surface area contributed by atoms with Gasteiger partial charge in [-0.2, -0.15) is 5.10 Å². The van der Waals surface area contributed by atoms with Gasteiger partial charge in [0.1, 0.15) is 4.83 Å². The zero-order valence-electron chi connectivity index (χ0n) is 15.3. The van der Waals surface area contributed by atoms with E-state index in [0.29, 0.717) is 17.8 Å². The number of aromatic nitrogens is 2. The van der Waals surface area contributed by atoms with E-state index in [0.717, 1.165) is 47.5 Å². The molecular formula is C20H22N4O2S. The molecule has 0 radical (unpaired) electrons. The lowest BCUT2D eigenvalue weighted by atomic mass is 10.3. The first-order chi connectivity index (χ1) is 13.1. The molecule has 2 aromatic heterocycles. The van der Waals surface area contributed by atoms with Crippen LogP contribution < -0.4 is 5.32 Å². The second-order valence-electron chi connectivity index (χ2n) is 6.76. The van der Waals surface area contributed by atoms with Crippen molar-refractivity contribution in [3.63, 3.8) is 0 Å². The fraction of sp³-hybridized carbons (Fsp3) is 0.350. The van der Waals surface area contributed by atoms with E-state index in [1.807, 2.05) is 52.9 Å². The third-order valence-electron chi connectivity index (χ3n) is 4.85. The van der Waals surface area contributed by atoms with Crippen LogP contribution in [0.3, 0.4) is 0 Å². The predicted octanol–water partition coefficient (Wildman–Crippen LogP) is 3.14. The second kappa shape index (κ2) is 7.52. The summed E-state index contributed by atoms with van der Waals surface area (Å²) in [6.07, 6.45) is 2.52. The number of nitrogens with zero attached hydrogens (tertiary/aromatic N) is 3. The van der Waals surface area contributed by atoms with Gasteiger partial charge in [-0.3, -0.25) is 9.59 Å². The fourth-order valence-electron chi connectivity index (χ4n) is 3.40. The molecule has 1 saturated heterocycles. The maximum Gasteiger partial charge on any atom is 0.261 e. The van der Waals surface area contributed by atoms with E-state index in [2.05, 4.69) is 10.4 Å². The molecule has 1 N–H and O–H groups in total. The first-order valence-electron chi connectivity index (χ1n) is 9.24. The molecule has 1 fully saturated rings. The molecule has 2 amide bonds. The van der Waals surface area contributed by atoms with Gasteiger partial charge in [0.05, 0.1) is 16.3 Å². The normalized spacial score (nSPS) is 14.0. The van der Waals surface area contributed by atoms with Gasteiger partial charge in [0.2, 0.25) is 5.91 Å². The largest absolute Gasteiger partial charge is 0.351 e. The van der Waals surface area contributed by atoms with E-state index in [4.69, 9.17) is 0 Å². The van der Waals surface area contributed by atoms with Gasteiger partial charge in [-0.05, 0) is 38.0 Å². The van der Waals surface area contributed by atoms with Gasteiger partial charge >= 0.3 is 0 Å². The molecule has 0 atom stereocenters. The quantitative estimate of drug-likeness (QED) is 0.737. The number of aryl methyl sites for hydroxylation is 1. The molecule has 3 aromatic rings. The van der Waals surface area contributed by atoms with E-state index in [1.54, 1.807) is 0 Å². The zero-order valence-corrected chi connectivity index (χ0v) is 16.1. The standard InChI is InChI=1S/C20H22N4O2S/c1-14-16-13-17(19(26)21-10-9-18(25)23-11-5-6-12-23)27-20(16)24(22-14)15-7-3-2-4-8-15/h2-4,7-8,13H,5-6,9-12H2,1H3,(H,21,26). The number of carbonyl (C=O) groups is 2. The predicted molar refractivity (Wildman–Crippen MR) is 106 cm³/mol. The van der Waals surface area contributed by atoms with Crippen LogP contribution in [0, 0.1) is 6.92 Å². The Balaban J connectivity index is 1.45. The fourth-order valence-corrected chi connectivity index (χ4v) is 4.50. The van der Waals surface area contributed by atoms with E-state index < -0.39 is 0 Å². The van der Waals surface area contributed by atoms with Gasteiger partial charge in [0.25, 0.3) is 5.91 Å². The minimum absolute atomic E-state index is 0.125. The first kappa shape index (κ1) is 17.7. The van der Waals surface area contributed by atoms with Crippen molar-refractivity contribution in [1.29, 1.82) is 0 Å². The third-order valence-corrected chi connectivity index (χ3v) is 5.96. The van der Waals surface area contributed by atoms with Crippen LogP contribution in [-0.2, 0) is 4.79 Å². The summed E-state index contributed by atoms with van der Waals surface area (Å²) >= 11 is 1.42. The van der Waals surface area contributed by atoms with Gasteiger partial charge in [0.15, 0.2) is 0 Å². The second-order valence-corrected chi connectivity index (χ2v) is 7.79. The summed E-state index contributed by atoms with van der Waals surface area (Å²) in [5.74, 6) is -0.0101. The Morgan fingerprint density at radius 1 is 1.19 bits per heavy atom. The minimum atomic E-state index is -0.135. The van der Waals surface area contributed by atoms with Crippen molar-refractivity contribution in [2.75, 3.05) is 19.6 Å². The highest BCUT2D eigenvalue weighted by Gasteiger charge is 2.19. The van der Waals surface area contributed by atoms with Crippen LogP contribution in [0.5, 0.6) is 0 Å². The summed E-state index contributed by atoms with van der Waals surface area (Å²) in [4.78, 5) is 28.1. The topological polar surface area (TPSA) is 67.2 Å². The van der Waals surface area contributed by atoms with E-state index in [-0.39, 0.29) is 11.8 Å².